The van der Waals surface area contributed by atoms with Crippen molar-refractivity contribution in [2.24, 2.45) is 11.8 Å². The number of rotatable bonds is 10. The van der Waals surface area contributed by atoms with Crippen molar-refractivity contribution in [2.45, 2.75) is 59.3 Å². The SMILES string of the molecule is C=C(c1ccccc1C)C(c1ccccc1)C(C(=C)CCCCC)C(C)C. The first-order chi connectivity index (χ1) is 13.0. The van der Waals surface area contributed by atoms with Crippen molar-refractivity contribution in [3.63, 3.8) is 0 Å². The zero-order chi connectivity index (χ0) is 19.8. The minimum absolute atomic E-state index is 0.265. The van der Waals surface area contributed by atoms with Gasteiger partial charge in [0.1, 0.15) is 0 Å². The topological polar surface area (TPSA) is 0 Å². The molecule has 2 aromatic carbocycles. The zero-order valence-corrected chi connectivity index (χ0v) is 17.7. The van der Waals surface area contributed by atoms with E-state index in [0.29, 0.717) is 11.8 Å². The summed E-state index contributed by atoms with van der Waals surface area (Å²) in [7, 11) is 0. The summed E-state index contributed by atoms with van der Waals surface area (Å²) in [6.07, 6.45) is 4.87. The number of unbranched alkanes of at least 4 members (excludes halogenated alkanes) is 2. The Morgan fingerprint density at radius 1 is 0.889 bits per heavy atom. The average Bonchev–Trinajstić information content (AvgIpc) is 2.66. The van der Waals surface area contributed by atoms with Gasteiger partial charge in [0.15, 0.2) is 0 Å². The van der Waals surface area contributed by atoms with Gasteiger partial charge in [0.05, 0.1) is 0 Å². The van der Waals surface area contributed by atoms with Crippen molar-refractivity contribution in [1.82, 2.24) is 0 Å². The molecule has 0 aliphatic carbocycles. The maximum Gasteiger partial charge on any atom is 0.0157 e. The van der Waals surface area contributed by atoms with Crippen LogP contribution in [0.4, 0.5) is 0 Å². The van der Waals surface area contributed by atoms with E-state index in [0.717, 1.165) is 6.42 Å². The molecule has 0 heteroatoms. The van der Waals surface area contributed by atoms with E-state index in [1.54, 1.807) is 0 Å². The van der Waals surface area contributed by atoms with Gasteiger partial charge in [-0.3, -0.25) is 0 Å². The first-order valence-electron chi connectivity index (χ1n) is 10.4. The minimum atomic E-state index is 0.265. The Hall–Kier alpha value is -2.08. The molecule has 0 spiro atoms. The van der Waals surface area contributed by atoms with Crippen LogP contribution in [-0.2, 0) is 0 Å². The van der Waals surface area contributed by atoms with Gasteiger partial charge < -0.3 is 0 Å². The summed E-state index contributed by atoms with van der Waals surface area (Å²) in [5.41, 5.74) is 6.51. The molecule has 144 valence electrons. The zero-order valence-electron chi connectivity index (χ0n) is 17.7. The highest BCUT2D eigenvalue weighted by atomic mass is 14.3. The Kier molecular flexibility index (Phi) is 8.10. The highest BCUT2D eigenvalue weighted by Crippen LogP contribution is 2.45. The molecule has 0 amide bonds. The fourth-order valence-corrected chi connectivity index (χ4v) is 4.25. The van der Waals surface area contributed by atoms with Gasteiger partial charge in [-0.15, -0.1) is 0 Å². The molecule has 27 heavy (non-hydrogen) atoms. The van der Waals surface area contributed by atoms with E-state index < -0.39 is 0 Å². The van der Waals surface area contributed by atoms with Crippen molar-refractivity contribution in [2.75, 3.05) is 0 Å². The van der Waals surface area contributed by atoms with Crippen LogP contribution in [0, 0.1) is 18.8 Å². The number of benzene rings is 2. The second kappa shape index (κ2) is 10.3. The fraction of sp³-hybridized carbons (Fsp3) is 0.407. The smallest absolute Gasteiger partial charge is 0.0157 e. The lowest BCUT2D eigenvalue weighted by atomic mass is 9.69. The van der Waals surface area contributed by atoms with Crippen molar-refractivity contribution in [3.05, 3.63) is 90.0 Å². The molecular formula is C27H36. The van der Waals surface area contributed by atoms with Crippen molar-refractivity contribution < 1.29 is 0 Å². The van der Waals surface area contributed by atoms with Crippen LogP contribution in [0.5, 0.6) is 0 Å². The first kappa shape index (κ1) is 21.2. The summed E-state index contributed by atoms with van der Waals surface area (Å²) in [5.74, 6) is 1.18. The largest absolute Gasteiger partial charge is 0.0995 e. The van der Waals surface area contributed by atoms with Gasteiger partial charge >= 0.3 is 0 Å². The Morgan fingerprint density at radius 2 is 1.52 bits per heavy atom. The molecule has 0 aromatic heterocycles. The average molecular weight is 361 g/mol. The van der Waals surface area contributed by atoms with Crippen LogP contribution in [0.2, 0.25) is 0 Å². The third kappa shape index (κ3) is 5.45. The highest BCUT2D eigenvalue weighted by molar-refractivity contribution is 5.72. The Bertz CT molecular complexity index is 736. The first-order valence-corrected chi connectivity index (χ1v) is 10.4. The number of aryl methyl sites for hydroxylation is 1. The van der Waals surface area contributed by atoms with Gasteiger partial charge in [-0.05, 0) is 53.9 Å². The van der Waals surface area contributed by atoms with Gasteiger partial charge in [-0.2, -0.15) is 0 Å². The lowest BCUT2D eigenvalue weighted by Gasteiger charge is -2.35. The number of hydrogen-bond donors (Lipinski definition) is 0. The molecule has 2 rings (SSSR count). The van der Waals surface area contributed by atoms with Crippen molar-refractivity contribution >= 4 is 5.57 Å². The lowest BCUT2D eigenvalue weighted by Crippen LogP contribution is -2.22. The maximum atomic E-state index is 4.60. The van der Waals surface area contributed by atoms with Gasteiger partial charge in [0, 0.05) is 5.92 Å². The van der Waals surface area contributed by atoms with Gasteiger partial charge in [-0.1, -0.05) is 107 Å². The summed E-state index contributed by atoms with van der Waals surface area (Å²) in [5, 5.41) is 0. The molecule has 2 unspecified atom stereocenters. The normalized spacial score (nSPS) is 13.4. The molecule has 2 aromatic rings. The summed E-state index contributed by atoms with van der Waals surface area (Å²) < 4.78 is 0. The van der Waals surface area contributed by atoms with Crippen LogP contribution in [-0.4, -0.2) is 0 Å². The minimum Gasteiger partial charge on any atom is -0.0995 e. The van der Waals surface area contributed by atoms with Crippen LogP contribution in [0.3, 0.4) is 0 Å². The standard InChI is InChI=1S/C27H36/c1-7-8-10-16-22(5)26(20(2)3)27(24-17-11-9-12-18-24)23(6)25-19-14-13-15-21(25)4/h9,11-15,17-20,26-27H,5-8,10,16H2,1-4H3. The molecular weight excluding hydrogens is 324 g/mol. The number of allylic oxidation sites excluding steroid dienone is 2. The monoisotopic (exact) mass is 360 g/mol. The third-order valence-corrected chi connectivity index (χ3v) is 5.68. The molecule has 0 N–H and O–H groups in total. The summed E-state index contributed by atoms with van der Waals surface area (Å²) >= 11 is 0. The maximum absolute atomic E-state index is 4.60. The van der Waals surface area contributed by atoms with Crippen molar-refractivity contribution in [1.29, 1.82) is 0 Å². The Labute approximate surface area is 167 Å². The van der Waals surface area contributed by atoms with Crippen LogP contribution >= 0.6 is 0 Å². The van der Waals surface area contributed by atoms with Gasteiger partial charge in [0.25, 0.3) is 0 Å². The van der Waals surface area contributed by atoms with Crippen LogP contribution in [0.25, 0.3) is 5.57 Å². The molecule has 0 aliphatic rings. The second-order valence-corrected chi connectivity index (χ2v) is 8.11. The van der Waals surface area contributed by atoms with E-state index in [2.05, 4.69) is 95.5 Å². The molecule has 0 heterocycles. The predicted molar refractivity (Wildman–Crippen MR) is 121 cm³/mol. The fourth-order valence-electron chi connectivity index (χ4n) is 4.25. The summed E-state index contributed by atoms with van der Waals surface area (Å²) in [4.78, 5) is 0. The van der Waals surface area contributed by atoms with Crippen molar-refractivity contribution in [3.8, 4) is 0 Å². The van der Waals surface area contributed by atoms with E-state index in [9.17, 15) is 0 Å². The van der Waals surface area contributed by atoms with Crippen LogP contribution < -0.4 is 0 Å². The molecule has 0 saturated carbocycles. The second-order valence-electron chi connectivity index (χ2n) is 8.11. The van der Waals surface area contributed by atoms with Crippen LogP contribution in [0.1, 0.15) is 69.1 Å². The van der Waals surface area contributed by atoms with Gasteiger partial charge in [-0.25, -0.2) is 0 Å². The highest BCUT2D eigenvalue weighted by Gasteiger charge is 2.31. The van der Waals surface area contributed by atoms with E-state index in [1.807, 2.05) is 0 Å². The molecule has 0 nitrogen and oxygen atoms in total. The number of hydrogen-bond acceptors (Lipinski definition) is 0. The molecule has 2 atom stereocenters. The molecule has 0 saturated heterocycles. The lowest BCUT2D eigenvalue weighted by molar-refractivity contribution is 0.400. The molecule has 0 fully saturated rings. The molecule has 0 radical (unpaired) electrons. The summed E-state index contributed by atoms with van der Waals surface area (Å²) in [6, 6.07) is 19.5. The van der Waals surface area contributed by atoms with Gasteiger partial charge in [0.2, 0.25) is 0 Å². The Morgan fingerprint density at radius 3 is 2.11 bits per heavy atom. The third-order valence-electron chi connectivity index (χ3n) is 5.68. The van der Waals surface area contributed by atoms with E-state index >= 15 is 0 Å². The predicted octanol–water partition coefficient (Wildman–Crippen LogP) is 8.20. The Balaban J connectivity index is 2.45. The van der Waals surface area contributed by atoms with Crippen LogP contribution in [0.15, 0.2) is 73.3 Å². The molecule has 0 aliphatic heterocycles. The van der Waals surface area contributed by atoms with E-state index in [-0.39, 0.29) is 5.92 Å². The molecule has 0 bridgehead atoms. The quantitative estimate of drug-likeness (QED) is 0.296. The van der Waals surface area contributed by atoms with E-state index in [4.69, 9.17) is 0 Å². The summed E-state index contributed by atoms with van der Waals surface area (Å²) in [6.45, 7) is 18.3. The van der Waals surface area contributed by atoms with E-state index in [1.165, 1.54) is 47.1 Å².